The maximum atomic E-state index is 13.3. The molecule has 2 saturated heterocycles. The van der Waals surface area contributed by atoms with Crippen LogP contribution in [-0.2, 0) is 30.7 Å². The molecular formula is C23H25N7O9S2. The van der Waals surface area contributed by atoms with Gasteiger partial charge in [0.05, 0.1) is 32.0 Å². The largest absolute Gasteiger partial charge is 0.543 e. The summed E-state index contributed by atoms with van der Waals surface area (Å²) in [6, 6.07) is -0.165. The summed E-state index contributed by atoms with van der Waals surface area (Å²) >= 11 is 2.31. The van der Waals surface area contributed by atoms with Gasteiger partial charge >= 0.3 is 0 Å². The first-order valence-corrected chi connectivity index (χ1v) is 14.1. The smallest absolute Gasteiger partial charge is 0.276 e. The number of β-lactam (4-membered cyclic amide) rings is 1. The lowest BCUT2D eigenvalue weighted by Gasteiger charge is -2.51. The fourth-order valence-corrected chi connectivity index (χ4v) is 6.59. The second-order valence-electron chi connectivity index (χ2n) is 9.85. The number of hydrogen-bond acceptors (Lipinski definition) is 14. The molecule has 5 N–H and O–H groups in total. The van der Waals surface area contributed by atoms with Crippen molar-refractivity contribution in [3.8, 4) is 5.75 Å². The van der Waals surface area contributed by atoms with Crippen LogP contribution in [0.15, 0.2) is 38.9 Å². The normalized spacial score (nSPS) is 23.7. The zero-order valence-corrected chi connectivity index (χ0v) is 23.3. The van der Waals surface area contributed by atoms with Crippen molar-refractivity contribution in [2.24, 2.45) is 5.16 Å². The van der Waals surface area contributed by atoms with Gasteiger partial charge in [-0.15, -0.1) is 23.1 Å². The molecule has 0 bridgehead atoms. The first-order valence-electron chi connectivity index (χ1n) is 12.1. The number of hydroxylamine groups is 3. The number of nitrogens with zero attached hydrogens (tertiary/aromatic N) is 5. The van der Waals surface area contributed by atoms with Crippen molar-refractivity contribution in [1.29, 1.82) is 0 Å². The van der Waals surface area contributed by atoms with Crippen molar-refractivity contribution in [3.63, 3.8) is 0 Å². The molecule has 2 aromatic heterocycles. The van der Waals surface area contributed by atoms with E-state index in [0.717, 1.165) is 28.5 Å². The number of aromatic nitrogens is 2. The van der Waals surface area contributed by atoms with E-state index in [1.807, 2.05) is 14.1 Å². The zero-order valence-electron chi connectivity index (χ0n) is 21.7. The lowest BCUT2D eigenvalue weighted by atomic mass is 9.99. The predicted molar refractivity (Wildman–Crippen MR) is 141 cm³/mol. The molecule has 0 radical (unpaired) electrons. The molecule has 0 spiro atoms. The van der Waals surface area contributed by atoms with E-state index >= 15 is 0 Å². The average molecular weight is 608 g/mol. The van der Waals surface area contributed by atoms with Crippen molar-refractivity contribution in [2.45, 2.75) is 30.5 Å². The molecular weight excluding hydrogens is 582 g/mol. The van der Waals surface area contributed by atoms with E-state index in [0.29, 0.717) is 23.3 Å². The van der Waals surface area contributed by atoms with Gasteiger partial charge in [-0.1, -0.05) is 5.16 Å². The number of aromatic hydroxyl groups is 1. The van der Waals surface area contributed by atoms with E-state index < -0.39 is 53.1 Å². The summed E-state index contributed by atoms with van der Waals surface area (Å²) in [6.07, 6.45) is 0.872. The molecule has 3 aliphatic heterocycles. The molecule has 2 fully saturated rings. The second kappa shape index (κ2) is 10.7. The standard InChI is InChI=1S/C23H25N7O9S2/c1-30(2)4-3-15(39-30)11-8-40-21-17(20(34)29(21)18(11)22(35)36)26-19(33)16(12-9-41-23(24)25-12)27-38-7-10-5-13(31)14(32)6-28(10)37/h5-6,9,15,17,21,37H,3-4,7-8H2,1-2H3,(H4-,24,25,26,32,33,35,36)/b27-16-/t15-,17?,21?/m0/s1. The third kappa shape index (κ3) is 5.45. The molecule has 41 heavy (non-hydrogen) atoms. The Labute approximate surface area is 239 Å². The van der Waals surface area contributed by atoms with Crippen molar-refractivity contribution >= 4 is 51.7 Å². The van der Waals surface area contributed by atoms with Gasteiger partial charge in [-0.25, -0.2) is 4.98 Å². The van der Waals surface area contributed by atoms with Crippen molar-refractivity contribution in [1.82, 2.24) is 19.9 Å². The maximum absolute atomic E-state index is 13.3. The lowest BCUT2D eigenvalue weighted by molar-refractivity contribution is -1.06. The van der Waals surface area contributed by atoms with Gasteiger partial charge in [-0.2, -0.15) is 14.2 Å². The molecule has 0 aliphatic carbocycles. The fourth-order valence-electron chi connectivity index (χ4n) is 4.63. The van der Waals surface area contributed by atoms with Gasteiger partial charge in [-0.3, -0.25) is 19.3 Å². The highest BCUT2D eigenvalue weighted by molar-refractivity contribution is 8.00. The number of aliphatic carboxylic acids is 1. The number of quaternary nitrogens is 1. The average Bonchev–Trinajstić information content (AvgIpc) is 3.51. The number of carboxylic acids is 1. The monoisotopic (exact) mass is 607 g/mol. The molecule has 2 amide bonds. The van der Waals surface area contributed by atoms with E-state index in [9.17, 15) is 34.6 Å². The SMILES string of the molecule is C[N+]1(C)CC[C@@H](C2=C(C(=O)[O-])N3C(=O)C(NC(=O)/C(=N\OCc4cc(=O)c(O)cn4O)c4csc(N)n4)C3SC2)O1. The third-order valence-corrected chi connectivity index (χ3v) is 8.62. The van der Waals surface area contributed by atoms with Crippen molar-refractivity contribution in [2.75, 3.05) is 32.1 Å². The highest BCUT2D eigenvalue weighted by Crippen LogP contribution is 2.43. The number of oxime groups is 1. The Hall–Kier alpha value is -4.13. The topological polar surface area (TPSA) is 222 Å². The van der Waals surface area contributed by atoms with Gasteiger partial charge in [-0.05, 0) is 0 Å². The van der Waals surface area contributed by atoms with Crippen LogP contribution >= 0.6 is 23.1 Å². The Morgan fingerprint density at radius 1 is 1.39 bits per heavy atom. The van der Waals surface area contributed by atoms with Crippen LogP contribution in [0, 0.1) is 0 Å². The number of amides is 2. The Kier molecular flexibility index (Phi) is 7.41. The molecule has 3 aliphatic rings. The number of anilines is 1. The number of carbonyl (C=O) groups excluding carboxylic acids is 3. The second-order valence-corrected chi connectivity index (χ2v) is 11.8. The van der Waals surface area contributed by atoms with Gasteiger partial charge in [0.25, 0.3) is 11.8 Å². The number of carboxylic acid groups (broad SMARTS) is 1. The summed E-state index contributed by atoms with van der Waals surface area (Å²) in [4.78, 5) is 66.5. The molecule has 2 unspecified atom stereocenters. The number of hydrogen-bond donors (Lipinski definition) is 4. The molecule has 2 aromatic rings. The number of nitrogens with one attached hydrogen (secondary N) is 1. The minimum absolute atomic E-state index is 0.0359. The van der Waals surface area contributed by atoms with Gasteiger partial charge in [0.2, 0.25) is 5.43 Å². The quantitative estimate of drug-likeness (QED) is 0.0836. The number of fused-ring (bicyclic) bond motifs is 1. The molecule has 0 saturated carbocycles. The molecule has 0 aromatic carbocycles. The Morgan fingerprint density at radius 3 is 2.78 bits per heavy atom. The Bertz CT molecular complexity index is 1550. The summed E-state index contributed by atoms with van der Waals surface area (Å²) < 4.78 is 0.714. The van der Waals surface area contributed by atoms with Crippen LogP contribution in [0.3, 0.4) is 0 Å². The number of pyridine rings is 1. The summed E-state index contributed by atoms with van der Waals surface area (Å²) in [5.41, 5.74) is 4.75. The number of nitrogen functional groups attached to an aromatic ring is 1. The number of thioether (sulfide) groups is 1. The third-order valence-electron chi connectivity index (χ3n) is 6.65. The van der Waals surface area contributed by atoms with Crippen LogP contribution in [0.25, 0.3) is 0 Å². The zero-order chi connectivity index (χ0) is 29.6. The molecule has 16 nitrogen and oxygen atoms in total. The Morgan fingerprint density at radius 2 is 2.15 bits per heavy atom. The van der Waals surface area contributed by atoms with Gasteiger partial charge < -0.3 is 36.1 Å². The molecule has 5 heterocycles. The molecule has 218 valence electrons. The first kappa shape index (κ1) is 28.4. The van der Waals surface area contributed by atoms with Crippen LogP contribution < -0.4 is 21.6 Å². The van der Waals surface area contributed by atoms with Crippen molar-refractivity contribution < 1.29 is 44.1 Å². The molecule has 5 rings (SSSR count). The predicted octanol–water partition coefficient (Wildman–Crippen LogP) is -2.06. The first-order chi connectivity index (χ1) is 19.4. The summed E-state index contributed by atoms with van der Waals surface area (Å²) in [6.45, 7) is 0.196. The van der Waals surface area contributed by atoms with E-state index in [1.54, 1.807) is 0 Å². The van der Waals surface area contributed by atoms with Crippen LogP contribution in [0.5, 0.6) is 5.75 Å². The van der Waals surface area contributed by atoms with E-state index in [-0.39, 0.29) is 38.3 Å². The maximum Gasteiger partial charge on any atom is 0.276 e. The number of carbonyl (C=O) groups is 3. The van der Waals surface area contributed by atoms with Gasteiger partial charge in [0.1, 0.15) is 35.5 Å². The van der Waals surface area contributed by atoms with E-state index in [2.05, 4.69) is 15.5 Å². The summed E-state index contributed by atoms with van der Waals surface area (Å²) in [5, 5.41) is 38.6. The highest BCUT2D eigenvalue weighted by atomic mass is 32.2. The van der Waals surface area contributed by atoms with Crippen LogP contribution in [0.4, 0.5) is 5.13 Å². The summed E-state index contributed by atoms with van der Waals surface area (Å²) in [5.74, 6) is -3.43. The minimum atomic E-state index is -1.51. The lowest BCUT2D eigenvalue weighted by Crippen LogP contribution is -2.71. The Balaban J connectivity index is 1.34. The van der Waals surface area contributed by atoms with Crippen LogP contribution in [-0.4, -0.2) is 97.0 Å². The number of rotatable bonds is 8. The highest BCUT2D eigenvalue weighted by Gasteiger charge is 2.54. The van der Waals surface area contributed by atoms with Crippen molar-refractivity contribution in [3.05, 3.63) is 50.5 Å². The van der Waals surface area contributed by atoms with Crippen LogP contribution in [0.2, 0.25) is 0 Å². The molecule has 3 atom stereocenters. The fraction of sp³-hybridized carbons (Fsp3) is 0.391. The number of thiazole rings is 1. The minimum Gasteiger partial charge on any atom is -0.543 e. The van der Waals surface area contributed by atoms with E-state index in [4.69, 9.17) is 15.4 Å². The van der Waals surface area contributed by atoms with Gasteiger partial charge in [0.15, 0.2) is 23.2 Å². The van der Waals surface area contributed by atoms with E-state index in [1.165, 1.54) is 17.1 Å². The number of nitrogens with two attached hydrogens (primary N) is 1. The van der Waals surface area contributed by atoms with Crippen LogP contribution in [0.1, 0.15) is 17.8 Å². The molecule has 18 heteroatoms. The van der Waals surface area contributed by atoms with Gasteiger partial charge in [0, 0.05) is 29.2 Å². The summed E-state index contributed by atoms with van der Waals surface area (Å²) in [7, 11) is 3.70.